The van der Waals surface area contributed by atoms with Crippen molar-refractivity contribution in [3.05, 3.63) is 63.5 Å². The molecule has 0 bridgehead atoms. The van der Waals surface area contributed by atoms with Gasteiger partial charge in [-0.25, -0.2) is 0 Å². The van der Waals surface area contributed by atoms with E-state index in [0.29, 0.717) is 24.1 Å². The van der Waals surface area contributed by atoms with Crippen molar-refractivity contribution in [2.24, 2.45) is 10.9 Å². The van der Waals surface area contributed by atoms with Crippen molar-refractivity contribution in [3.8, 4) is 5.75 Å². The Morgan fingerprint density at radius 3 is 2.70 bits per heavy atom. The first-order chi connectivity index (χ1) is 14.3. The highest BCUT2D eigenvalue weighted by Crippen LogP contribution is 2.47. The zero-order chi connectivity index (χ0) is 21.4. The van der Waals surface area contributed by atoms with Crippen molar-refractivity contribution in [1.82, 2.24) is 0 Å². The van der Waals surface area contributed by atoms with Crippen LogP contribution >= 0.6 is 11.3 Å². The summed E-state index contributed by atoms with van der Waals surface area (Å²) >= 11 is 1.65. The minimum absolute atomic E-state index is 0.0154. The Balaban J connectivity index is 1.81. The van der Waals surface area contributed by atoms with Crippen molar-refractivity contribution >= 4 is 28.8 Å². The maximum Gasteiger partial charge on any atom is 0.315 e. The molecule has 156 valence electrons. The Morgan fingerprint density at radius 1 is 1.23 bits per heavy atom. The van der Waals surface area contributed by atoms with Gasteiger partial charge in [0, 0.05) is 40.1 Å². The molecule has 1 aromatic heterocycles. The van der Waals surface area contributed by atoms with Gasteiger partial charge in [-0.05, 0) is 56.3 Å². The Labute approximate surface area is 180 Å². The largest absolute Gasteiger partial charge is 0.508 e. The Hall–Kier alpha value is -2.73. The van der Waals surface area contributed by atoms with Gasteiger partial charge in [0.15, 0.2) is 5.78 Å². The number of phenolic OH excluding ortho intramolecular Hbond substituents is 1. The number of hydrogen-bond donors (Lipinski definition) is 1. The predicted octanol–water partition coefficient (Wildman–Crippen LogP) is 4.98. The van der Waals surface area contributed by atoms with Gasteiger partial charge in [-0.3, -0.25) is 14.6 Å². The van der Waals surface area contributed by atoms with E-state index in [0.717, 1.165) is 11.3 Å². The number of carbonyl (C=O) groups excluding carboxylic acids is 2. The fourth-order valence-corrected chi connectivity index (χ4v) is 5.30. The molecule has 1 aromatic carbocycles. The molecule has 0 spiro atoms. The summed E-state index contributed by atoms with van der Waals surface area (Å²) in [5.74, 6) is -1.36. The lowest BCUT2D eigenvalue weighted by molar-refractivity contribution is -0.150. The number of phenols is 1. The van der Waals surface area contributed by atoms with Gasteiger partial charge in [0.2, 0.25) is 0 Å². The molecule has 30 heavy (non-hydrogen) atoms. The van der Waals surface area contributed by atoms with E-state index >= 15 is 0 Å². The second-order valence-electron chi connectivity index (χ2n) is 8.19. The number of aromatic hydroxyl groups is 1. The van der Waals surface area contributed by atoms with Crippen molar-refractivity contribution < 1.29 is 19.4 Å². The number of esters is 1. The van der Waals surface area contributed by atoms with E-state index < -0.39 is 11.8 Å². The lowest BCUT2D eigenvalue weighted by Gasteiger charge is -2.36. The van der Waals surface area contributed by atoms with Gasteiger partial charge < -0.3 is 9.84 Å². The van der Waals surface area contributed by atoms with Gasteiger partial charge in [-0.15, -0.1) is 11.3 Å². The summed E-state index contributed by atoms with van der Waals surface area (Å²) in [5.41, 5.74) is 2.71. The Bertz CT molecular complexity index is 1040. The summed E-state index contributed by atoms with van der Waals surface area (Å²) in [6, 6.07) is 10.8. The Morgan fingerprint density at radius 2 is 2.03 bits per heavy atom. The predicted molar refractivity (Wildman–Crippen MR) is 117 cm³/mol. The summed E-state index contributed by atoms with van der Waals surface area (Å²) in [5, 5.41) is 12.1. The summed E-state index contributed by atoms with van der Waals surface area (Å²) in [4.78, 5) is 32.3. The smallest absolute Gasteiger partial charge is 0.315 e. The highest BCUT2D eigenvalue weighted by Gasteiger charge is 2.45. The molecule has 6 heteroatoms. The van der Waals surface area contributed by atoms with E-state index in [4.69, 9.17) is 9.73 Å². The number of aliphatic imine (C=N–C) groups is 1. The van der Waals surface area contributed by atoms with Crippen LogP contribution in [0.25, 0.3) is 0 Å². The highest BCUT2D eigenvalue weighted by molar-refractivity contribution is 7.10. The second-order valence-corrected chi connectivity index (χ2v) is 9.17. The molecule has 0 fully saturated rings. The SMILES string of the molecule is CC1=NC2=C(C(=O)C[C@@H](c3cccs3)C2)[C@@H](c2cccc(O)c2)C1C(=O)OC(C)C. The number of hydrogen-bond acceptors (Lipinski definition) is 6. The van der Waals surface area contributed by atoms with E-state index in [-0.39, 0.29) is 29.5 Å². The van der Waals surface area contributed by atoms with E-state index in [1.54, 1.807) is 43.4 Å². The first-order valence-electron chi connectivity index (χ1n) is 10.2. The fraction of sp³-hybridized carbons (Fsp3) is 0.375. The first-order valence-corrected chi connectivity index (χ1v) is 11.1. The summed E-state index contributed by atoms with van der Waals surface area (Å²) in [6.45, 7) is 5.43. The number of carbonyl (C=O) groups is 2. The van der Waals surface area contributed by atoms with Crippen LogP contribution in [0.4, 0.5) is 0 Å². The standard InChI is InChI=1S/C24H25NO4S/c1-13(2)29-24(28)21-14(3)25-18-11-16(20-8-5-9-30-20)12-19(27)23(18)22(21)15-6-4-7-17(26)10-15/h4-10,13,16,21-22,26H,11-12H2,1-3H3/t16-,21?,22-/m0/s1. The molecule has 2 aliphatic rings. The van der Waals surface area contributed by atoms with Crippen LogP contribution in [0.2, 0.25) is 0 Å². The molecule has 0 amide bonds. The third kappa shape index (κ3) is 3.84. The molecule has 1 N–H and O–H groups in total. The van der Waals surface area contributed by atoms with Crippen LogP contribution in [0.15, 0.2) is 58.0 Å². The third-order valence-corrected chi connectivity index (χ3v) is 6.70. The van der Waals surface area contributed by atoms with Crippen LogP contribution < -0.4 is 0 Å². The summed E-state index contributed by atoms with van der Waals surface area (Å²) in [6.07, 6.45) is 0.797. The van der Waals surface area contributed by atoms with E-state index in [1.807, 2.05) is 24.4 Å². The molecule has 1 aliphatic carbocycles. The molecule has 5 nitrogen and oxygen atoms in total. The lowest BCUT2D eigenvalue weighted by Crippen LogP contribution is -2.38. The number of ketones is 1. The lowest BCUT2D eigenvalue weighted by atomic mass is 9.70. The van der Waals surface area contributed by atoms with Crippen LogP contribution in [0.1, 0.15) is 55.9 Å². The number of allylic oxidation sites excluding steroid dienone is 2. The maximum absolute atomic E-state index is 13.4. The van der Waals surface area contributed by atoms with Crippen molar-refractivity contribution in [2.45, 2.75) is 51.6 Å². The van der Waals surface area contributed by atoms with Crippen molar-refractivity contribution in [2.75, 3.05) is 0 Å². The van der Waals surface area contributed by atoms with Crippen LogP contribution in [0.5, 0.6) is 5.75 Å². The fourth-order valence-electron chi connectivity index (χ4n) is 4.47. The average molecular weight is 424 g/mol. The topological polar surface area (TPSA) is 76.0 Å². The number of benzene rings is 1. The van der Waals surface area contributed by atoms with Gasteiger partial charge >= 0.3 is 5.97 Å². The molecule has 0 saturated carbocycles. The van der Waals surface area contributed by atoms with Gasteiger partial charge in [0.05, 0.1) is 6.10 Å². The monoisotopic (exact) mass is 423 g/mol. The number of ether oxygens (including phenoxy) is 1. The van der Waals surface area contributed by atoms with Gasteiger partial charge in [0.25, 0.3) is 0 Å². The van der Waals surface area contributed by atoms with Crippen LogP contribution in [-0.2, 0) is 14.3 Å². The number of thiophene rings is 1. The summed E-state index contributed by atoms with van der Waals surface area (Å²) < 4.78 is 5.52. The number of Topliss-reactive ketones (excluding diaryl/α,β-unsaturated/α-hetero) is 1. The zero-order valence-corrected chi connectivity index (χ0v) is 18.1. The molecular weight excluding hydrogens is 398 g/mol. The Kier molecular flexibility index (Phi) is 5.60. The maximum atomic E-state index is 13.4. The van der Waals surface area contributed by atoms with Gasteiger partial charge in [-0.2, -0.15) is 0 Å². The highest BCUT2D eigenvalue weighted by atomic mass is 32.1. The molecule has 2 aromatic rings. The van der Waals surface area contributed by atoms with Crippen LogP contribution in [0.3, 0.4) is 0 Å². The molecule has 0 saturated heterocycles. The molecule has 0 radical (unpaired) electrons. The van der Waals surface area contributed by atoms with Crippen LogP contribution in [-0.4, -0.2) is 28.7 Å². The minimum Gasteiger partial charge on any atom is -0.508 e. The quantitative estimate of drug-likeness (QED) is 0.704. The van der Waals surface area contributed by atoms with Gasteiger partial charge in [-0.1, -0.05) is 18.2 Å². The normalized spacial score (nSPS) is 23.9. The number of rotatable bonds is 4. The molecule has 4 rings (SSSR count). The van der Waals surface area contributed by atoms with Crippen molar-refractivity contribution in [3.63, 3.8) is 0 Å². The van der Waals surface area contributed by atoms with E-state index in [2.05, 4.69) is 6.07 Å². The molecule has 1 unspecified atom stereocenters. The summed E-state index contributed by atoms with van der Waals surface area (Å²) in [7, 11) is 0. The first kappa shape index (κ1) is 20.5. The van der Waals surface area contributed by atoms with Crippen LogP contribution in [0, 0.1) is 5.92 Å². The molecule has 1 aliphatic heterocycles. The van der Waals surface area contributed by atoms with Crippen molar-refractivity contribution in [1.29, 1.82) is 0 Å². The second kappa shape index (κ2) is 8.19. The van der Waals surface area contributed by atoms with Gasteiger partial charge in [0.1, 0.15) is 11.7 Å². The number of nitrogens with zero attached hydrogens (tertiary/aromatic N) is 1. The van der Waals surface area contributed by atoms with E-state index in [1.165, 1.54) is 4.88 Å². The average Bonchev–Trinajstić information content (AvgIpc) is 3.21. The zero-order valence-electron chi connectivity index (χ0n) is 17.3. The van der Waals surface area contributed by atoms with E-state index in [9.17, 15) is 14.7 Å². The molecule has 3 atom stereocenters. The third-order valence-electron chi connectivity index (χ3n) is 5.67. The minimum atomic E-state index is -0.685. The molecule has 2 heterocycles. The molecular formula is C24H25NO4S.